The highest BCUT2D eigenvalue weighted by atomic mass is 15.2. The van der Waals surface area contributed by atoms with Crippen molar-refractivity contribution in [3.63, 3.8) is 0 Å². The molecular weight excluding hydrogens is 220 g/mol. The van der Waals surface area contributed by atoms with Crippen LogP contribution in [0.2, 0.25) is 0 Å². The van der Waals surface area contributed by atoms with Gasteiger partial charge in [-0.25, -0.2) is 0 Å². The topological polar surface area (TPSA) is 29.3 Å². The van der Waals surface area contributed by atoms with Crippen LogP contribution in [0.25, 0.3) is 0 Å². The molecule has 0 bridgehead atoms. The predicted molar refractivity (Wildman–Crippen MR) is 80.1 cm³/mol. The zero-order valence-corrected chi connectivity index (χ0v) is 12.0. The minimum absolute atomic E-state index is 0.573. The Morgan fingerprint density at radius 3 is 2.28 bits per heavy atom. The predicted octanol–water partition coefficient (Wildman–Crippen LogP) is 3.98. The SMILES string of the molecule is CCCC1(CCC)CN(c2ccc(C)c(N)c2)C1. The highest BCUT2D eigenvalue weighted by molar-refractivity contribution is 5.61. The average molecular weight is 246 g/mol. The minimum atomic E-state index is 0.573. The Hall–Kier alpha value is -1.18. The van der Waals surface area contributed by atoms with Crippen LogP contribution >= 0.6 is 0 Å². The van der Waals surface area contributed by atoms with Crippen molar-refractivity contribution in [3.05, 3.63) is 23.8 Å². The molecule has 0 atom stereocenters. The van der Waals surface area contributed by atoms with Gasteiger partial charge in [-0.2, -0.15) is 0 Å². The molecule has 2 rings (SSSR count). The third kappa shape index (κ3) is 2.47. The van der Waals surface area contributed by atoms with Crippen molar-refractivity contribution in [2.75, 3.05) is 23.7 Å². The molecule has 1 aliphatic heterocycles. The summed E-state index contributed by atoms with van der Waals surface area (Å²) in [4.78, 5) is 2.47. The first-order chi connectivity index (χ1) is 8.60. The van der Waals surface area contributed by atoms with E-state index in [1.165, 1.54) is 50.0 Å². The number of nitrogens with zero attached hydrogens (tertiary/aromatic N) is 1. The van der Waals surface area contributed by atoms with Crippen molar-refractivity contribution >= 4 is 11.4 Å². The van der Waals surface area contributed by atoms with Gasteiger partial charge in [0.05, 0.1) is 0 Å². The van der Waals surface area contributed by atoms with E-state index in [9.17, 15) is 0 Å². The molecule has 18 heavy (non-hydrogen) atoms. The molecule has 0 saturated carbocycles. The molecular formula is C16H26N2. The van der Waals surface area contributed by atoms with Gasteiger partial charge in [-0.1, -0.05) is 32.8 Å². The Bertz CT molecular complexity index is 398. The summed E-state index contributed by atoms with van der Waals surface area (Å²) in [5.41, 5.74) is 9.95. The van der Waals surface area contributed by atoms with Crippen LogP contribution in [0.1, 0.15) is 45.1 Å². The third-order valence-corrected chi connectivity index (χ3v) is 4.24. The van der Waals surface area contributed by atoms with Gasteiger partial charge in [0, 0.05) is 29.9 Å². The summed E-state index contributed by atoms with van der Waals surface area (Å²) >= 11 is 0. The largest absolute Gasteiger partial charge is 0.398 e. The van der Waals surface area contributed by atoms with Crippen molar-refractivity contribution < 1.29 is 0 Å². The van der Waals surface area contributed by atoms with E-state index in [4.69, 9.17) is 5.73 Å². The Morgan fingerprint density at radius 1 is 1.17 bits per heavy atom. The maximum Gasteiger partial charge on any atom is 0.0387 e. The van der Waals surface area contributed by atoms with E-state index in [1.807, 2.05) is 0 Å². The van der Waals surface area contributed by atoms with Gasteiger partial charge >= 0.3 is 0 Å². The normalized spacial score (nSPS) is 17.6. The van der Waals surface area contributed by atoms with E-state index in [0.29, 0.717) is 5.41 Å². The summed E-state index contributed by atoms with van der Waals surface area (Å²) in [6.45, 7) is 9.07. The van der Waals surface area contributed by atoms with Crippen molar-refractivity contribution in [2.24, 2.45) is 5.41 Å². The van der Waals surface area contributed by atoms with Gasteiger partial charge in [-0.15, -0.1) is 0 Å². The van der Waals surface area contributed by atoms with Crippen LogP contribution < -0.4 is 10.6 Å². The number of anilines is 2. The fourth-order valence-electron chi connectivity index (χ4n) is 3.27. The second kappa shape index (κ2) is 5.21. The van der Waals surface area contributed by atoms with Crippen LogP contribution in [0.3, 0.4) is 0 Å². The van der Waals surface area contributed by atoms with Crippen LogP contribution in [-0.4, -0.2) is 13.1 Å². The van der Waals surface area contributed by atoms with Gasteiger partial charge in [0.15, 0.2) is 0 Å². The summed E-state index contributed by atoms with van der Waals surface area (Å²) in [6.07, 6.45) is 5.31. The quantitative estimate of drug-likeness (QED) is 0.796. The van der Waals surface area contributed by atoms with Gasteiger partial charge in [-0.3, -0.25) is 0 Å². The van der Waals surface area contributed by atoms with Crippen LogP contribution in [0.4, 0.5) is 11.4 Å². The van der Waals surface area contributed by atoms with Crippen molar-refractivity contribution in [1.82, 2.24) is 0 Å². The highest BCUT2D eigenvalue weighted by Crippen LogP contribution is 2.42. The lowest BCUT2D eigenvalue weighted by atomic mass is 9.72. The summed E-state index contributed by atoms with van der Waals surface area (Å²) < 4.78 is 0. The first-order valence-corrected chi connectivity index (χ1v) is 7.21. The second-order valence-corrected chi connectivity index (χ2v) is 5.90. The number of hydrogen-bond acceptors (Lipinski definition) is 2. The average Bonchev–Trinajstić information content (AvgIpc) is 2.29. The molecule has 0 aliphatic carbocycles. The monoisotopic (exact) mass is 246 g/mol. The lowest BCUT2D eigenvalue weighted by Crippen LogP contribution is -2.56. The molecule has 0 unspecified atom stereocenters. The van der Waals surface area contributed by atoms with Crippen LogP contribution in [-0.2, 0) is 0 Å². The summed E-state index contributed by atoms with van der Waals surface area (Å²) in [5, 5.41) is 0. The minimum Gasteiger partial charge on any atom is -0.398 e. The molecule has 1 aliphatic rings. The van der Waals surface area contributed by atoms with E-state index >= 15 is 0 Å². The standard InChI is InChI=1S/C16H26N2/c1-4-8-16(9-5-2)11-18(12-16)14-7-6-13(3)15(17)10-14/h6-7,10H,4-5,8-9,11-12,17H2,1-3H3. The van der Waals surface area contributed by atoms with E-state index in [1.54, 1.807) is 0 Å². The summed E-state index contributed by atoms with van der Waals surface area (Å²) in [6, 6.07) is 6.45. The number of hydrogen-bond donors (Lipinski definition) is 1. The number of nitrogens with two attached hydrogens (primary N) is 1. The van der Waals surface area contributed by atoms with Gasteiger partial charge in [-0.05, 0) is 37.5 Å². The Kier molecular flexibility index (Phi) is 3.84. The van der Waals surface area contributed by atoms with Crippen molar-refractivity contribution in [1.29, 1.82) is 0 Å². The molecule has 2 heteroatoms. The Labute approximate surface area is 111 Å². The number of nitrogen functional groups attached to an aromatic ring is 1. The maximum absolute atomic E-state index is 6.00. The van der Waals surface area contributed by atoms with Crippen LogP contribution in [0.15, 0.2) is 18.2 Å². The maximum atomic E-state index is 6.00. The molecule has 100 valence electrons. The molecule has 0 amide bonds. The van der Waals surface area contributed by atoms with E-state index in [2.05, 4.69) is 43.9 Å². The van der Waals surface area contributed by atoms with E-state index in [0.717, 1.165) is 5.69 Å². The fourth-order valence-corrected chi connectivity index (χ4v) is 3.27. The zero-order valence-electron chi connectivity index (χ0n) is 12.0. The first kappa shape index (κ1) is 13.3. The van der Waals surface area contributed by atoms with Gasteiger partial charge < -0.3 is 10.6 Å². The van der Waals surface area contributed by atoms with Crippen molar-refractivity contribution in [3.8, 4) is 0 Å². The molecule has 1 aromatic carbocycles. The van der Waals surface area contributed by atoms with E-state index in [-0.39, 0.29) is 0 Å². The summed E-state index contributed by atoms with van der Waals surface area (Å²) in [7, 11) is 0. The number of benzene rings is 1. The van der Waals surface area contributed by atoms with Crippen LogP contribution in [0.5, 0.6) is 0 Å². The molecule has 1 saturated heterocycles. The van der Waals surface area contributed by atoms with Gasteiger partial charge in [0.25, 0.3) is 0 Å². The van der Waals surface area contributed by atoms with Crippen molar-refractivity contribution in [2.45, 2.75) is 46.5 Å². The molecule has 2 nitrogen and oxygen atoms in total. The fraction of sp³-hybridized carbons (Fsp3) is 0.625. The molecule has 0 aromatic heterocycles. The molecule has 1 heterocycles. The lowest BCUT2D eigenvalue weighted by Gasteiger charge is -2.52. The highest BCUT2D eigenvalue weighted by Gasteiger charge is 2.41. The summed E-state index contributed by atoms with van der Waals surface area (Å²) in [5.74, 6) is 0. The molecule has 0 spiro atoms. The number of rotatable bonds is 5. The molecule has 1 aromatic rings. The Morgan fingerprint density at radius 2 is 1.78 bits per heavy atom. The molecule has 1 fully saturated rings. The molecule has 2 N–H and O–H groups in total. The van der Waals surface area contributed by atoms with Gasteiger partial charge in [0.2, 0.25) is 0 Å². The lowest BCUT2D eigenvalue weighted by molar-refractivity contribution is 0.173. The zero-order chi connectivity index (χ0) is 13.2. The molecule has 0 radical (unpaired) electrons. The Balaban J connectivity index is 2.04. The number of aryl methyl sites for hydroxylation is 1. The van der Waals surface area contributed by atoms with Crippen LogP contribution in [0, 0.1) is 12.3 Å². The second-order valence-electron chi connectivity index (χ2n) is 5.90. The smallest absolute Gasteiger partial charge is 0.0387 e. The van der Waals surface area contributed by atoms with E-state index < -0.39 is 0 Å². The van der Waals surface area contributed by atoms with Gasteiger partial charge in [0.1, 0.15) is 0 Å². The third-order valence-electron chi connectivity index (χ3n) is 4.24. The first-order valence-electron chi connectivity index (χ1n) is 7.21.